The first-order chi connectivity index (χ1) is 8.64. The predicted molar refractivity (Wildman–Crippen MR) is 73.0 cm³/mol. The minimum absolute atomic E-state index is 0.00570. The van der Waals surface area contributed by atoms with E-state index >= 15 is 0 Å². The number of carbonyl (C=O) groups excluding carboxylic acids is 1. The lowest BCUT2D eigenvalue weighted by atomic mass is 10.2. The molecule has 0 saturated heterocycles. The van der Waals surface area contributed by atoms with E-state index in [2.05, 4.69) is 0 Å². The fraction of sp³-hybridized carbons (Fsp3) is 0.364. The molecule has 0 aliphatic rings. The van der Waals surface area contributed by atoms with Crippen LogP contribution in [0.5, 0.6) is 0 Å². The Balaban J connectivity index is 3.24. The molecule has 2 N–H and O–H groups in total. The summed E-state index contributed by atoms with van der Waals surface area (Å²) >= 11 is 11.7. The lowest BCUT2D eigenvalue weighted by molar-refractivity contribution is 0.0459. The highest BCUT2D eigenvalue weighted by atomic mass is 35.5. The summed E-state index contributed by atoms with van der Waals surface area (Å²) in [6.45, 7) is 3.89. The Morgan fingerprint density at radius 3 is 2.42 bits per heavy atom. The first-order valence-corrected chi connectivity index (χ1v) is 7.62. The van der Waals surface area contributed by atoms with Crippen LogP contribution in [0.2, 0.25) is 10.0 Å². The van der Waals surface area contributed by atoms with Gasteiger partial charge in [-0.3, -0.25) is 0 Å². The largest absolute Gasteiger partial charge is 0.462 e. The molecule has 0 heterocycles. The summed E-state index contributed by atoms with van der Waals surface area (Å²) in [5, 5.41) is 4.67. The fourth-order valence-corrected chi connectivity index (χ4v) is 2.71. The third kappa shape index (κ3) is 4.07. The molecule has 0 saturated carbocycles. The highest BCUT2D eigenvalue weighted by Crippen LogP contribution is 2.31. The first kappa shape index (κ1) is 16.2. The molecule has 0 aliphatic heterocycles. The summed E-state index contributed by atoms with van der Waals surface area (Å²) < 4.78 is 27.6. The van der Waals surface area contributed by atoms with Gasteiger partial charge in [-0.1, -0.05) is 37.0 Å². The van der Waals surface area contributed by atoms with Crippen LogP contribution in [0.15, 0.2) is 17.0 Å². The Labute approximate surface area is 121 Å². The first-order valence-electron chi connectivity index (χ1n) is 5.32. The molecule has 19 heavy (non-hydrogen) atoms. The maximum atomic E-state index is 11.8. The zero-order chi connectivity index (χ0) is 14.8. The van der Waals surface area contributed by atoms with Crippen LogP contribution in [0.4, 0.5) is 0 Å². The molecule has 0 aliphatic carbocycles. The maximum Gasteiger partial charge on any atom is 0.341 e. The van der Waals surface area contributed by atoms with Gasteiger partial charge in [0.05, 0.1) is 22.2 Å². The Hall–Kier alpha value is -0.820. The highest BCUT2D eigenvalue weighted by Gasteiger charge is 2.23. The van der Waals surface area contributed by atoms with Gasteiger partial charge in [-0.05, 0) is 18.1 Å². The van der Waals surface area contributed by atoms with Crippen molar-refractivity contribution in [3.8, 4) is 0 Å². The molecule has 106 valence electrons. The van der Waals surface area contributed by atoms with Crippen LogP contribution in [0.3, 0.4) is 0 Å². The Morgan fingerprint density at radius 1 is 1.37 bits per heavy atom. The van der Waals surface area contributed by atoms with Gasteiger partial charge in [-0.2, -0.15) is 0 Å². The highest BCUT2D eigenvalue weighted by molar-refractivity contribution is 7.89. The van der Waals surface area contributed by atoms with Crippen LogP contribution < -0.4 is 5.14 Å². The molecule has 0 radical (unpaired) electrons. The van der Waals surface area contributed by atoms with Crippen LogP contribution in [0.25, 0.3) is 0 Å². The predicted octanol–water partition coefficient (Wildman–Crippen LogP) is 2.45. The minimum Gasteiger partial charge on any atom is -0.462 e. The number of benzene rings is 1. The number of rotatable bonds is 4. The molecular weight excluding hydrogens is 313 g/mol. The van der Waals surface area contributed by atoms with E-state index < -0.39 is 16.0 Å². The van der Waals surface area contributed by atoms with Gasteiger partial charge in [0, 0.05) is 0 Å². The second-order valence-corrected chi connectivity index (χ2v) is 6.59. The maximum absolute atomic E-state index is 11.8. The molecule has 1 aromatic rings. The number of hydrogen-bond acceptors (Lipinski definition) is 4. The number of ether oxygens (including phenoxy) is 1. The van der Waals surface area contributed by atoms with Crippen molar-refractivity contribution in [2.75, 3.05) is 6.61 Å². The van der Waals surface area contributed by atoms with Crippen LogP contribution in [-0.2, 0) is 14.8 Å². The van der Waals surface area contributed by atoms with Crippen molar-refractivity contribution in [1.82, 2.24) is 0 Å². The van der Waals surface area contributed by atoms with Gasteiger partial charge in [0.1, 0.15) is 4.90 Å². The molecule has 1 aromatic carbocycles. The van der Waals surface area contributed by atoms with Gasteiger partial charge in [-0.25, -0.2) is 18.4 Å². The van der Waals surface area contributed by atoms with E-state index in [9.17, 15) is 13.2 Å². The zero-order valence-electron chi connectivity index (χ0n) is 10.3. The van der Waals surface area contributed by atoms with Crippen LogP contribution in [-0.4, -0.2) is 21.0 Å². The summed E-state index contributed by atoms with van der Waals surface area (Å²) in [7, 11) is -4.04. The van der Waals surface area contributed by atoms with Gasteiger partial charge < -0.3 is 4.74 Å². The number of sulfonamides is 1. The summed E-state index contributed by atoms with van der Waals surface area (Å²) in [5.74, 6) is -0.655. The number of nitrogens with two attached hydrogens (primary N) is 1. The summed E-state index contributed by atoms with van der Waals surface area (Å²) in [5.41, 5.74) is -0.199. The SMILES string of the molecule is CC(C)COC(=O)c1c(Cl)ccc(S(N)(=O)=O)c1Cl. The van der Waals surface area contributed by atoms with E-state index in [4.69, 9.17) is 33.1 Å². The number of esters is 1. The summed E-state index contributed by atoms with van der Waals surface area (Å²) in [4.78, 5) is 11.5. The van der Waals surface area contributed by atoms with Crippen molar-refractivity contribution in [3.63, 3.8) is 0 Å². The quantitative estimate of drug-likeness (QED) is 0.861. The molecule has 0 aromatic heterocycles. The van der Waals surface area contributed by atoms with Crippen LogP contribution >= 0.6 is 23.2 Å². The molecule has 0 amide bonds. The van der Waals surface area contributed by atoms with Gasteiger partial charge in [0.15, 0.2) is 0 Å². The standard InChI is InChI=1S/C11H13Cl2NO4S/c1-6(2)5-18-11(15)9-7(12)3-4-8(10(9)13)19(14,16)17/h3-4,6H,5H2,1-2H3,(H2,14,16,17). The molecule has 1 rings (SSSR count). The normalized spacial score (nSPS) is 11.7. The topological polar surface area (TPSA) is 86.5 Å². The van der Waals surface area contributed by atoms with Gasteiger partial charge in [-0.15, -0.1) is 0 Å². The minimum atomic E-state index is -4.04. The van der Waals surface area contributed by atoms with Crippen molar-refractivity contribution in [2.24, 2.45) is 11.1 Å². The molecule has 0 atom stereocenters. The third-order valence-corrected chi connectivity index (χ3v) is 3.89. The lowest BCUT2D eigenvalue weighted by Crippen LogP contribution is -2.16. The van der Waals surface area contributed by atoms with Crippen molar-refractivity contribution in [2.45, 2.75) is 18.7 Å². The lowest BCUT2D eigenvalue weighted by Gasteiger charge is -2.11. The second kappa shape index (κ2) is 6.09. The van der Waals surface area contributed by atoms with Gasteiger partial charge >= 0.3 is 5.97 Å². The van der Waals surface area contributed by atoms with Gasteiger partial charge in [0.25, 0.3) is 0 Å². The van der Waals surface area contributed by atoms with Gasteiger partial charge in [0.2, 0.25) is 10.0 Å². The Kier molecular flexibility index (Phi) is 5.20. The average molecular weight is 326 g/mol. The summed E-state index contributed by atoms with van der Waals surface area (Å²) in [6, 6.07) is 2.37. The molecule has 5 nitrogen and oxygen atoms in total. The van der Waals surface area contributed by atoms with E-state index in [0.717, 1.165) is 6.07 Å². The second-order valence-electron chi connectivity index (χ2n) is 4.27. The summed E-state index contributed by atoms with van der Waals surface area (Å²) in [6.07, 6.45) is 0. The van der Waals surface area contributed by atoms with Crippen molar-refractivity contribution < 1.29 is 17.9 Å². The fourth-order valence-electron chi connectivity index (χ4n) is 1.25. The number of hydrogen-bond donors (Lipinski definition) is 1. The van der Waals surface area contributed by atoms with E-state index in [1.165, 1.54) is 6.07 Å². The number of primary sulfonamides is 1. The third-order valence-electron chi connectivity index (χ3n) is 2.11. The van der Waals surface area contributed by atoms with Crippen molar-refractivity contribution in [1.29, 1.82) is 0 Å². The molecule has 8 heteroatoms. The Bertz CT molecular complexity index is 599. The van der Waals surface area contributed by atoms with E-state index in [-0.39, 0.29) is 33.0 Å². The zero-order valence-corrected chi connectivity index (χ0v) is 12.6. The molecule has 0 fully saturated rings. The number of carbonyl (C=O) groups is 1. The molecular formula is C11H13Cl2NO4S. The molecule has 0 bridgehead atoms. The van der Waals surface area contributed by atoms with Crippen molar-refractivity contribution in [3.05, 3.63) is 27.7 Å². The average Bonchev–Trinajstić information content (AvgIpc) is 2.24. The van der Waals surface area contributed by atoms with E-state index in [0.29, 0.717) is 0 Å². The molecule has 0 unspecified atom stereocenters. The smallest absolute Gasteiger partial charge is 0.341 e. The van der Waals surface area contributed by atoms with Crippen LogP contribution in [0.1, 0.15) is 24.2 Å². The van der Waals surface area contributed by atoms with Crippen molar-refractivity contribution >= 4 is 39.2 Å². The van der Waals surface area contributed by atoms with Crippen LogP contribution in [0, 0.1) is 5.92 Å². The molecule has 0 spiro atoms. The Morgan fingerprint density at radius 2 is 1.95 bits per heavy atom. The van der Waals surface area contributed by atoms with E-state index in [1.807, 2.05) is 13.8 Å². The monoisotopic (exact) mass is 325 g/mol. The van der Waals surface area contributed by atoms with E-state index in [1.54, 1.807) is 0 Å². The number of halogens is 2.